The van der Waals surface area contributed by atoms with Crippen LogP contribution in [0.3, 0.4) is 0 Å². The van der Waals surface area contributed by atoms with E-state index in [1.165, 1.54) is 36.1 Å². The molecular formula is C16H24N2S. The molecule has 0 aliphatic carbocycles. The third-order valence-electron chi connectivity index (χ3n) is 4.41. The van der Waals surface area contributed by atoms with Gasteiger partial charge in [-0.1, -0.05) is 24.6 Å². The van der Waals surface area contributed by atoms with Gasteiger partial charge >= 0.3 is 0 Å². The maximum atomic E-state index is 3.71. The van der Waals surface area contributed by atoms with E-state index in [1.807, 2.05) is 11.8 Å². The predicted molar refractivity (Wildman–Crippen MR) is 82.4 cm³/mol. The number of rotatable bonds is 3. The van der Waals surface area contributed by atoms with Crippen LogP contribution in [0, 0.1) is 0 Å². The molecule has 104 valence electrons. The van der Waals surface area contributed by atoms with Crippen molar-refractivity contribution in [2.45, 2.75) is 61.8 Å². The Labute approximate surface area is 120 Å². The van der Waals surface area contributed by atoms with Gasteiger partial charge in [-0.2, -0.15) is 0 Å². The summed E-state index contributed by atoms with van der Waals surface area (Å²) in [5.74, 6) is 0. The number of nitrogens with zero attached hydrogens (tertiary/aromatic N) is 1. The lowest BCUT2D eigenvalue weighted by atomic mass is 10.00. The minimum absolute atomic E-state index is 0.678. The van der Waals surface area contributed by atoms with Crippen LogP contribution in [0.25, 0.3) is 0 Å². The van der Waals surface area contributed by atoms with E-state index in [1.54, 1.807) is 0 Å². The van der Waals surface area contributed by atoms with Gasteiger partial charge in [-0.15, -0.1) is 11.8 Å². The molecule has 2 aliphatic rings. The number of hydrogen-bond donors (Lipinski definition) is 1. The third-order valence-corrected chi connectivity index (χ3v) is 5.73. The van der Waals surface area contributed by atoms with Crippen LogP contribution < -0.4 is 5.43 Å². The van der Waals surface area contributed by atoms with Crippen molar-refractivity contribution < 1.29 is 0 Å². The molecule has 0 bridgehead atoms. The second-order valence-electron chi connectivity index (χ2n) is 5.95. The van der Waals surface area contributed by atoms with Gasteiger partial charge in [0.1, 0.15) is 0 Å². The van der Waals surface area contributed by atoms with Crippen LogP contribution in [0.5, 0.6) is 0 Å². The summed E-state index contributed by atoms with van der Waals surface area (Å²) in [6, 6.07) is 10.2. The first-order valence-corrected chi connectivity index (χ1v) is 8.38. The zero-order valence-electron chi connectivity index (χ0n) is 11.9. The number of nitrogens with one attached hydrogen (secondary N) is 1. The van der Waals surface area contributed by atoms with Crippen LogP contribution >= 0.6 is 11.8 Å². The van der Waals surface area contributed by atoms with E-state index in [0.29, 0.717) is 17.3 Å². The van der Waals surface area contributed by atoms with Crippen LogP contribution in [0.1, 0.15) is 38.7 Å². The van der Waals surface area contributed by atoms with Gasteiger partial charge in [-0.05, 0) is 44.7 Å². The smallest absolute Gasteiger partial charge is 0.0274 e. The van der Waals surface area contributed by atoms with E-state index in [2.05, 4.69) is 48.5 Å². The van der Waals surface area contributed by atoms with Gasteiger partial charge < -0.3 is 0 Å². The Balaban J connectivity index is 1.54. The van der Waals surface area contributed by atoms with Crippen molar-refractivity contribution in [3.05, 3.63) is 29.8 Å². The minimum atomic E-state index is 0.678. The third kappa shape index (κ3) is 2.99. The summed E-state index contributed by atoms with van der Waals surface area (Å²) in [7, 11) is 0. The van der Waals surface area contributed by atoms with Crippen LogP contribution in [-0.4, -0.2) is 28.9 Å². The Hall–Kier alpha value is -0.510. The molecule has 0 radical (unpaired) electrons. The van der Waals surface area contributed by atoms with E-state index in [-0.39, 0.29) is 0 Å². The van der Waals surface area contributed by atoms with Gasteiger partial charge in [0.05, 0.1) is 0 Å². The van der Waals surface area contributed by atoms with Crippen LogP contribution in [-0.2, 0) is 6.42 Å². The first kappa shape index (κ1) is 13.5. The van der Waals surface area contributed by atoms with Crippen LogP contribution in [0.2, 0.25) is 0 Å². The summed E-state index contributed by atoms with van der Waals surface area (Å²) in [6.07, 6.45) is 5.25. The second kappa shape index (κ2) is 5.86. The van der Waals surface area contributed by atoms with E-state index in [9.17, 15) is 0 Å². The molecule has 2 nitrogen and oxygen atoms in total. The van der Waals surface area contributed by atoms with E-state index in [4.69, 9.17) is 0 Å². The summed E-state index contributed by atoms with van der Waals surface area (Å²) < 4.78 is 0. The normalized spacial score (nSPS) is 31.4. The number of benzene rings is 1. The van der Waals surface area contributed by atoms with Gasteiger partial charge in [0.2, 0.25) is 0 Å². The van der Waals surface area contributed by atoms with Crippen molar-refractivity contribution in [3.8, 4) is 0 Å². The Kier molecular flexibility index (Phi) is 4.15. The Morgan fingerprint density at radius 2 is 1.95 bits per heavy atom. The number of hydrogen-bond acceptors (Lipinski definition) is 3. The molecule has 1 N–H and O–H groups in total. The van der Waals surface area contributed by atoms with Crippen molar-refractivity contribution in [2.75, 3.05) is 6.54 Å². The molecule has 1 saturated heterocycles. The SMILES string of the molecule is CC1CCCC(C)N1NCC1Cc2ccccc2S1. The fourth-order valence-electron chi connectivity index (χ4n) is 3.31. The average molecular weight is 276 g/mol. The van der Waals surface area contributed by atoms with Crippen LogP contribution in [0.4, 0.5) is 0 Å². The minimum Gasteiger partial charge on any atom is -0.254 e. The number of fused-ring (bicyclic) bond motifs is 1. The topological polar surface area (TPSA) is 15.3 Å². The van der Waals surface area contributed by atoms with Gasteiger partial charge in [-0.25, -0.2) is 5.01 Å². The highest BCUT2D eigenvalue weighted by atomic mass is 32.2. The highest BCUT2D eigenvalue weighted by Gasteiger charge is 2.27. The quantitative estimate of drug-likeness (QED) is 0.910. The Morgan fingerprint density at radius 3 is 2.68 bits per heavy atom. The molecule has 3 heteroatoms. The highest BCUT2D eigenvalue weighted by Crippen LogP contribution is 2.36. The Morgan fingerprint density at radius 1 is 1.21 bits per heavy atom. The van der Waals surface area contributed by atoms with Crippen molar-refractivity contribution in [2.24, 2.45) is 0 Å². The highest BCUT2D eigenvalue weighted by molar-refractivity contribution is 8.00. The van der Waals surface area contributed by atoms with E-state index < -0.39 is 0 Å². The van der Waals surface area contributed by atoms with Crippen molar-refractivity contribution >= 4 is 11.8 Å². The summed E-state index contributed by atoms with van der Waals surface area (Å²) in [5, 5.41) is 3.19. The molecule has 3 rings (SSSR count). The lowest BCUT2D eigenvalue weighted by molar-refractivity contribution is 0.0469. The molecule has 0 aromatic heterocycles. The van der Waals surface area contributed by atoms with Gasteiger partial charge in [-0.3, -0.25) is 5.43 Å². The van der Waals surface area contributed by atoms with Crippen molar-refractivity contribution in [3.63, 3.8) is 0 Å². The molecule has 2 aliphatic heterocycles. The number of piperidine rings is 1. The molecule has 0 saturated carbocycles. The lowest BCUT2D eigenvalue weighted by Crippen LogP contribution is -2.53. The average Bonchev–Trinajstić information content (AvgIpc) is 2.81. The van der Waals surface area contributed by atoms with Crippen molar-refractivity contribution in [1.29, 1.82) is 0 Å². The molecule has 19 heavy (non-hydrogen) atoms. The largest absolute Gasteiger partial charge is 0.254 e. The molecule has 3 unspecified atom stereocenters. The molecule has 1 fully saturated rings. The maximum Gasteiger partial charge on any atom is 0.0274 e. The van der Waals surface area contributed by atoms with Crippen LogP contribution in [0.15, 0.2) is 29.2 Å². The van der Waals surface area contributed by atoms with E-state index >= 15 is 0 Å². The Bertz CT molecular complexity index is 400. The molecule has 3 atom stereocenters. The summed E-state index contributed by atoms with van der Waals surface area (Å²) in [5.41, 5.74) is 5.24. The molecule has 1 aromatic carbocycles. The summed E-state index contributed by atoms with van der Waals surface area (Å²) >= 11 is 2.04. The molecule has 0 spiro atoms. The fraction of sp³-hybridized carbons (Fsp3) is 0.625. The molecule has 1 aromatic rings. The van der Waals surface area contributed by atoms with Gasteiger partial charge in [0.25, 0.3) is 0 Å². The lowest BCUT2D eigenvalue weighted by Gasteiger charge is -2.39. The number of hydrazine groups is 1. The van der Waals surface area contributed by atoms with Gasteiger partial charge in [0.15, 0.2) is 0 Å². The van der Waals surface area contributed by atoms with E-state index in [0.717, 1.165) is 6.54 Å². The zero-order chi connectivity index (χ0) is 13.2. The zero-order valence-corrected chi connectivity index (χ0v) is 12.7. The fourth-order valence-corrected chi connectivity index (χ4v) is 4.55. The van der Waals surface area contributed by atoms with Gasteiger partial charge in [0, 0.05) is 28.8 Å². The standard InChI is InChI=1S/C16H24N2S/c1-12-6-5-7-13(2)18(12)17-11-15-10-14-8-3-4-9-16(14)19-15/h3-4,8-9,12-13,15,17H,5-7,10-11H2,1-2H3. The predicted octanol–water partition coefficient (Wildman–Crippen LogP) is 3.47. The molecular weight excluding hydrogens is 252 g/mol. The maximum absolute atomic E-state index is 3.71. The first-order valence-electron chi connectivity index (χ1n) is 7.50. The summed E-state index contributed by atoms with van der Waals surface area (Å²) in [4.78, 5) is 1.48. The molecule has 0 amide bonds. The first-order chi connectivity index (χ1) is 9.24. The molecule has 2 heterocycles. The van der Waals surface area contributed by atoms with Crippen molar-refractivity contribution in [1.82, 2.24) is 10.4 Å². The summed E-state index contributed by atoms with van der Waals surface area (Å²) in [6.45, 7) is 5.78. The monoisotopic (exact) mass is 276 g/mol. The number of thioether (sulfide) groups is 1. The second-order valence-corrected chi connectivity index (χ2v) is 7.29.